The second-order valence-corrected chi connectivity index (χ2v) is 3.90. The number of rotatable bonds is 9. The van der Waals surface area contributed by atoms with Gasteiger partial charge in [-0.2, -0.15) is 0 Å². The summed E-state index contributed by atoms with van der Waals surface area (Å²) < 4.78 is 0. The van der Waals surface area contributed by atoms with Crippen LogP contribution >= 0.6 is 0 Å². The Kier molecular flexibility index (Phi) is 8.64. The lowest BCUT2D eigenvalue weighted by molar-refractivity contribution is -0.137. The van der Waals surface area contributed by atoms with Gasteiger partial charge in [0.1, 0.15) is 0 Å². The molecule has 0 amide bonds. The van der Waals surface area contributed by atoms with E-state index >= 15 is 0 Å². The normalized spacial score (nSPS) is 12.7. The molecule has 0 saturated heterocycles. The molecule has 0 saturated carbocycles. The molecule has 84 valence electrons. The molecule has 3 N–H and O–H groups in total. The van der Waals surface area contributed by atoms with Crippen molar-refractivity contribution in [3.8, 4) is 0 Å². The zero-order valence-corrected chi connectivity index (χ0v) is 9.17. The predicted octanol–water partition coefficient (Wildman–Crippen LogP) is 2.54. The molecular weight excluding hydrogens is 178 g/mol. The van der Waals surface area contributed by atoms with Gasteiger partial charge in [-0.05, 0) is 19.3 Å². The zero-order valence-electron chi connectivity index (χ0n) is 9.17. The lowest BCUT2D eigenvalue weighted by Gasteiger charge is -2.09. The molecule has 0 fully saturated rings. The fourth-order valence-corrected chi connectivity index (χ4v) is 1.47. The third-order valence-corrected chi connectivity index (χ3v) is 2.39. The summed E-state index contributed by atoms with van der Waals surface area (Å²) in [6.45, 7) is 2.17. The van der Waals surface area contributed by atoms with Gasteiger partial charge in [-0.15, -0.1) is 0 Å². The molecule has 1 unspecified atom stereocenters. The van der Waals surface area contributed by atoms with Crippen molar-refractivity contribution in [2.45, 2.75) is 64.3 Å². The number of carboxylic acid groups (broad SMARTS) is 1. The van der Waals surface area contributed by atoms with Gasteiger partial charge >= 0.3 is 5.97 Å². The first-order chi connectivity index (χ1) is 6.66. The van der Waals surface area contributed by atoms with Crippen molar-refractivity contribution < 1.29 is 9.90 Å². The van der Waals surface area contributed by atoms with E-state index in [2.05, 4.69) is 6.92 Å². The number of unbranched alkanes of at least 4 members (excludes halogenated alkanes) is 3. The minimum absolute atomic E-state index is 0.296. The zero-order chi connectivity index (χ0) is 10.8. The summed E-state index contributed by atoms with van der Waals surface area (Å²) >= 11 is 0. The molecule has 0 spiro atoms. The molecule has 0 aliphatic rings. The maximum Gasteiger partial charge on any atom is 0.303 e. The van der Waals surface area contributed by atoms with Gasteiger partial charge in [-0.25, -0.2) is 0 Å². The van der Waals surface area contributed by atoms with Gasteiger partial charge in [-0.3, -0.25) is 4.79 Å². The van der Waals surface area contributed by atoms with Crippen molar-refractivity contribution in [1.82, 2.24) is 0 Å². The molecule has 0 heterocycles. The Morgan fingerprint density at radius 2 is 1.86 bits per heavy atom. The van der Waals surface area contributed by atoms with Crippen molar-refractivity contribution in [3.63, 3.8) is 0 Å². The molecule has 0 radical (unpaired) electrons. The van der Waals surface area contributed by atoms with E-state index in [0.29, 0.717) is 12.5 Å². The van der Waals surface area contributed by atoms with Crippen LogP contribution in [0.1, 0.15) is 58.3 Å². The molecule has 0 aromatic heterocycles. The SMILES string of the molecule is CCCCC(N)CCCCCC(=O)O. The van der Waals surface area contributed by atoms with Gasteiger partial charge in [0, 0.05) is 12.5 Å². The van der Waals surface area contributed by atoms with Crippen LogP contribution in [0.5, 0.6) is 0 Å². The van der Waals surface area contributed by atoms with Crippen LogP contribution in [0, 0.1) is 0 Å². The molecule has 0 rings (SSSR count). The van der Waals surface area contributed by atoms with E-state index in [1.807, 2.05) is 0 Å². The van der Waals surface area contributed by atoms with Crippen LogP contribution in [-0.2, 0) is 4.79 Å². The Morgan fingerprint density at radius 1 is 1.21 bits per heavy atom. The number of carboxylic acids is 1. The predicted molar refractivity (Wildman–Crippen MR) is 58.2 cm³/mol. The molecule has 1 atom stereocenters. The number of hydrogen-bond acceptors (Lipinski definition) is 2. The molecule has 3 heteroatoms. The highest BCUT2D eigenvalue weighted by atomic mass is 16.4. The standard InChI is InChI=1S/C11H23NO2/c1-2-3-7-10(12)8-5-4-6-9-11(13)14/h10H,2-9,12H2,1H3,(H,13,14). The summed E-state index contributed by atoms with van der Waals surface area (Å²) in [4.78, 5) is 10.2. The molecule has 0 aromatic rings. The molecule has 0 aliphatic carbocycles. The average Bonchev–Trinajstić information content (AvgIpc) is 2.13. The summed E-state index contributed by atoms with van der Waals surface area (Å²) in [6.07, 6.45) is 7.70. The van der Waals surface area contributed by atoms with Crippen LogP contribution in [0.4, 0.5) is 0 Å². The number of carbonyl (C=O) groups is 1. The maximum atomic E-state index is 10.2. The Hall–Kier alpha value is -0.570. The third-order valence-electron chi connectivity index (χ3n) is 2.39. The third kappa shape index (κ3) is 9.52. The van der Waals surface area contributed by atoms with Crippen LogP contribution in [0.15, 0.2) is 0 Å². The Labute approximate surface area is 86.7 Å². The van der Waals surface area contributed by atoms with Crippen molar-refractivity contribution in [2.75, 3.05) is 0 Å². The van der Waals surface area contributed by atoms with Crippen molar-refractivity contribution in [3.05, 3.63) is 0 Å². The quantitative estimate of drug-likeness (QED) is 0.563. The summed E-state index contributed by atoms with van der Waals surface area (Å²) in [6, 6.07) is 0.319. The van der Waals surface area contributed by atoms with Crippen LogP contribution in [-0.4, -0.2) is 17.1 Å². The van der Waals surface area contributed by atoms with Crippen molar-refractivity contribution >= 4 is 5.97 Å². The second kappa shape index (κ2) is 9.00. The number of aliphatic carboxylic acids is 1. The van der Waals surface area contributed by atoms with Gasteiger partial charge in [0.2, 0.25) is 0 Å². The van der Waals surface area contributed by atoms with E-state index in [0.717, 1.165) is 32.1 Å². The fraction of sp³-hybridized carbons (Fsp3) is 0.909. The Morgan fingerprint density at radius 3 is 2.43 bits per heavy atom. The van der Waals surface area contributed by atoms with E-state index in [-0.39, 0.29) is 0 Å². The molecule has 3 nitrogen and oxygen atoms in total. The highest BCUT2D eigenvalue weighted by Gasteiger charge is 2.02. The number of hydrogen-bond donors (Lipinski definition) is 2. The van der Waals surface area contributed by atoms with Crippen molar-refractivity contribution in [2.24, 2.45) is 5.73 Å². The van der Waals surface area contributed by atoms with Crippen LogP contribution in [0.2, 0.25) is 0 Å². The molecule has 0 aliphatic heterocycles. The second-order valence-electron chi connectivity index (χ2n) is 3.90. The van der Waals surface area contributed by atoms with Crippen LogP contribution in [0.25, 0.3) is 0 Å². The van der Waals surface area contributed by atoms with E-state index < -0.39 is 5.97 Å². The van der Waals surface area contributed by atoms with Gasteiger partial charge in [0.25, 0.3) is 0 Å². The Balaban J connectivity index is 3.14. The first-order valence-corrected chi connectivity index (χ1v) is 5.64. The van der Waals surface area contributed by atoms with E-state index in [1.165, 1.54) is 12.8 Å². The summed E-state index contributed by atoms with van der Waals surface area (Å²) in [5.41, 5.74) is 5.89. The lowest BCUT2D eigenvalue weighted by Crippen LogP contribution is -2.19. The fourth-order valence-electron chi connectivity index (χ4n) is 1.47. The highest BCUT2D eigenvalue weighted by molar-refractivity contribution is 5.66. The topological polar surface area (TPSA) is 63.3 Å². The summed E-state index contributed by atoms with van der Waals surface area (Å²) in [5.74, 6) is -0.694. The van der Waals surface area contributed by atoms with E-state index in [9.17, 15) is 4.79 Å². The largest absolute Gasteiger partial charge is 0.481 e. The summed E-state index contributed by atoms with van der Waals surface area (Å²) in [5, 5.41) is 8.41. The minimum atomic E-state index is -0.694. The van der Waals surface area contributed by atoms with Gasteiger partial charge in [0.15, 0.2) is 0 Å². The van der Waals surface area contributed by atoms with E-state index in [1.54, 1.807) is 0 Å². The number of nitrogens with two attached hydrogens (primary N) is 1. The molecule has 0 bridgehead atoms. The van der Waals surface area contributed by atoms with Gasteiger partial charge < -0.3 is 10.8 Å². The molecule has 0 aromatic carbocycles. The van der Waals surface area contributed by atoms with Crippen molar-refractivity contribution in [1.29, 1.82) is 0 Å². The lowest BCUT2D eigenvalue weighted by atomic mass is 10.0. The van der Waals surface area contributed by atoms with Gasteiger partial charge in [0.05, 0.1) is 0 Å². The smallest absolute Gasteiger partial charge is 0.303 e. The minimum Gasteiger partial charge on any atom is -0.481 e. The molecule has 14 heavy (non-hydrogen) atoms. The monoisotopic (exact) mass is 201 g/mol. The van der Waals surface area contributed by atoms with Crippen LogP contribution < -0.4 is 5.73 Å². The van der Waals surface area contributed by atoms with E-state index in [4.69, 9.17) is 10.8 Å². The molecular formula is C11H23NO2. The summed E-state index contributed by atoms with van der Waals surface area (Å²) in [7, 11) is 0. The van der Waals surface area contributed by atoms with Crippen LogP contribution in [0.3, 0.4) is 0 Å². The Bertz CT molecular complexity index is 148. The van der Waals surface area contributed by atoms with Gasteiger partial charge in [-0.1, -0.05) is 32.6 Å². The maximum absolute atomic E-state index is 10.2. The highest BCUT2D eigenvalue weighted by Crippen LogP contribution is 2.08. The average molecular weight is 201 g/mol. The first-order valence-electron chi connectivity index (χ1n) is 5.64. The first kappa shape index (κ1) is 13.4.